The molecule has 1 aliphatic rings. The molecule has 1 N–H and O–H groups in total. The molecule has 0 bridgehead atoms. The molecule has 0 radical (unpaired) electrons. The fourth-order valence-electron chi connectivity index (χ4n) is 2.26. The van der Waals surface area contributed by atoms with E-state index in [1.807, 2.05) is 6.92 Å². The Hall–Kier alpha value is -2.09. The molecule has 0 amide bonds. The zero-order chi connectivity index (χ0) is 15.4. The average molecular weight is 295 g/mol. The zero-order valence-corrected chi connectivity index (χ0v) is 11.9. The van der Waals surface area contributed by atoms with Gasteiger partial charge in [-0.25, -0.2) is 4.79 Å². The number of hydrogen-bond donors (Lipinski definition) is 1. The highest BCUT2D eigenvalue weighted by atomic mass is 16.6. The van der Waals surface area contributed by atoms with Crippen LogP contribution in [-0.4, -0.2) is 34.9 Å². The third kappa shape index (κ3) is 3.33. The van der Waals surface area contributed by atoms with Crippen LogP contribution in [0.2, 0.25) is 0 Å². The Labute approximate surface area is 120 Å². The van der Waals surface area contributed by atoms with Gasteiger partial charge in [-0.2, -0.15) is 0 Å². The minimum Gasteiger partial charge on any atom is -0.379 e. The highest BCUT2D eigenvalue weighted by Gasteiger charge is 2.36. The van der Waals surface area contributed by atoms with Crippen LogP contribution in [-0.2, 0) is 9.47 Å². The summed E-state index contributed by atoms with van der Waals surface area (Å²) in [7, 11) is 0. The highest BCUT2D eigenvalue weighted by molar-refractivity contribution is 5.02. The lowest BCUT2D eigenvalue weighted by molar-refractivity contribution is -0.0434. The van der Waals surface area contributed by atoms with Crippen LogP contribution >= 0.6 is 0 Å². The first kappa shape index (κ1) is 15.3. The summed E-state index contributed by atoms with van der Waals surface area (Å²) in [4.78, 5) is 28.3. The summed E-state index contributed by atoms with van der Waals surface area (Å²) in [5, 5.41) is 3.69. The molecular formula is C12H17N5O4. The van der Waals surface area contributed by atoms with Gasteiger partial charge >= 0.3 is 5.69 Å². The van der Waals surface area contributed by atoms with Crippen molar-refractivity contribution in [1.82, 2.24) is 9.55 Å². The molecule has 1 unspecified atom stereocenters. The quantitative estimate of drug-likeness (QED) is 0.491. The second kappa shape index (κ2) is 6.57. The summed E-state index contributed by atoms with van der Waals surface area (Å²) < 4.78 is 12.3. The molecular weight excluding hydrogens is 278 g/mol. The van der Waals surface area contributed by atoms with Gasteiger partial charge in [-0.1, -0.05) is 5.11 Å². The van der Waals surface area contributed by atoms with Gasteiger partial charge in [0, 0.05) is 29.7 Å². The van der Waals surface area contributed by atoms with E-state index in [4.69, 9.17) is 15.0 Å². The third-order valence-corrected chi connectivity index (χ3v) is 3.35. The van der Waals surface area contributed by atoms with Crippen molar-refractivity contribution in [3.63, 3.8) is 0 Å². The molecule has 2 rings (SSSR count). The Bertz CT molecular complexity index is 660. The number of azide groups is 1. The molecule has 3 atom stereocenters. The smallest absolute Gasteiger partial charge is 0.330 e. The van der Waals surface area contributed by atoms with E-state index < -0.39 is 29.6 Å². The fraction of sp³-hybridized carbons (Fsp3) is 0.667. The minimum absolute atomic E-state index is 0.285. The van der Waals surface area contributed by atoms with Crippen molar-refractivity contribution < 1.29 is 9.47 Å². The van der Waals surface area contributed by atoms with E-state index in [1.165, 1.54) is 10.8 Å². The Morgan fingerprint density at radius 2 is 2.38 bits per heavy atom. The number of hydrogen-bond acceptors (Lipinski definition) is 5. The molecule has 0 spiro atoms. The lowest BCUT2D eigenvalue weighted by Gasteiger charge is -2.16. The lowest BCUT2D eigenvalue weighted by Crippen LogP contribution is -2.33. The maximum Gasteiger partial charge on any atom is 0.330 e. The van der Waals surface area contributed by atoms with Gasteiger partial charge in [0.15, 0.2) is 0 Å². The first-order chi connectivity index (χ1) is 10.1. The Balaban J connectivity index is 2.26. The molecule has 1 aromatic heterocycles. The van der Waals surface area contributed by atoms with Gasteiger partial charge in [-0.05, 0) is 19.4 Å². The molecule has 0 aromatic carbocycles. The summed E-state index contributed by atoms with van der Waals surface area (Å²) in [6.45, 7) is 4.26. The van der Waals surface area contributed by atoms with Crippen LogP contribution in [0.25, 0.3) is 10.4 Å². The normalized spacial score (nSPS) is 24.8. The molecule has 21 heavy (non-hydrogen) atoms. The van der Waals surface area contributed by atoms with Crippen molar-refractivity contribution in [3.05, 3.63) is 43.0 Å². The van der Waals surface area contributed by atoms with E-state index in [1.54, 1.807) is 6.92 Å². The molecule has 0 saturated carbocycles. The maximum absolute atomic E-state index is 11.9. The summed E-state index contributed by atoms with van der Waals surface area (Å²) in [6.07, 6.45) is 0.800. The van der Waals surface area contributed by atoms with E-state index in [9.17, 15) is 9.59 Å². The van der Waals surface area contributed by atoms with Crippen LogP contribution in [0.3, 0.4) is 0 Å². The van der Waals surface area contributed by atoms with Crippen LogP contribution in [0.5, 0.6) is 0 Å². The number of aromatic amines is 1. The van der Waals surface area contributed by atoms with Crippen LogP contribution in [0.15, 0.2) is 20.9 Å². The number of aryl methyl sites for hydroxylation is 1. The number of H-pyrrole nitrogens is 1. The number of rotatable bonds is 5. The Morgan fingerprint density at radius 3 is 3.05 bits per heavy atom. The highest BCUT2D eigenvalue weighted by Crippen LogP contribution is 2.30. The first-order valence-corrected chi connectivity index (χ1v) is 6.66. The van der Waals surface area contributed by atoms with Crippen LogP contribution < -0.4 is 11.2 Å². The number of aromatic nitrogens is 2. The average Bonchev–Trinajstić information content (AvgIpc) is 2.84. The summed E-state index contributed by atoms with van der Waals surface area (Å²) in [6, 6.07) is -0.411. The van der Waals surface area contributed by atoms with Crippen LogP contribution in [0, 0.1) is 6.92 Å². The predicted molar refractivity (Wildman–Crippen MR) is 74.0 cm³/mol. The monoisotopic (exact) mass is 295 g/mol. The third-order valence-electron chi connectivity index (χ3n) is 3.35. The van der Waals surface area contributed by atoms with Gasteiger partial charge in [0.1, 0.15) is 6.23 Å². The molecule has 1 aliphatic heterocycles. The van der Waals surface area contributed by atoms with Crippen molar-refractivity contribution in [2.45, 2.75) is 38.6 Å². The van der Waals surface area contributed by atoms with Crippen molar-refractivity contribution in [2.24, 2.45) is 5.11 Å². The van der Waals surface area contributed by atoms with Gasteiger partial charge in [0.25, 0.3) is 5.56 Å². The maximum atomic E-state index is 11.9. The number of nitrogens with zero attached hydrogens (tertiary/aromatic N) is 4. The van der Waals surface area contributed by atoms with Crippen LogP contribution in [0.4, 0.5) is 0 Å². The van der Waals surface area contributed by atoms with E-state index >= 15 is 0 Å². The van der Waals surface area contributed by atoms with Gasteiger partial charge in [-0.3, -0.25) is 14.3 Å². The molecule has 0 aliphatic carbocycles. The minimum atomic E-state index is -0.589. The molecule has 9 heteroatoms. The van der Waals surface area contributed by atoms with E-state index in [-0.39, 0.29) is 6.61 Å². The second-order valence-electron chi connectivity index (χ2n) is 4.78. The van der Waals surface area contributed by atoms with Gasteiger partial charge in [0.05, 0.1) is 18.8 Å². The molecule has 9 nitrogen and oxygen atoms in total. The molecule has 1 aromatic rings. The first-order valence-electron chi connectivity index (χ1n) is 6.66. The van der Waals surface area contributed by atoms with E-state index in [0.29, 0.717) is 18.6 Å². The standard InChI is InChI=1S/C12H17N5O4/c1-3-20-6-9-8(15-16-13)4-10(21-9)17-5-7(2)11(18)14-12(17)19/h5,8-10H,3-4,6H2,1-2H3,(H,14,18,19)/t8?,9-,10-/m1/s1. The zero-order valence-electron chi connectivity index (χ0n) is 11.9. The summed E-state index contributed by atoms with van der Waals surface area (Å²) >= 11 is 0. The fourth-order valence-corrected chi connectivity index (χ4v) is 2.26. The van der Waals surface area contributed by atoms with Crippen molar-refractivity contribution in [2.75, 3.05) is 13.2 Å². The van der Waals surface area contributed by atoms with E-state index in [0.717, 1.165) is 0 Å². The second-order valence-corrected chi connectivity index (χ2v) is 4.78. The molecule has 1 fully saturated rings. The number of nitrogens with one attached hydrogen (secondary N) is 1. The van der Waals surface area contributed by atoms with Gasteiger partial charge < -0.3 is 9.47 Å². The largest absolute Gasteiger partial charge is 0.379 e. The summed E-state index contributed by atoms with van der Waals surface area (Å²) in [5.41, 5.74) is 8.04. The summed E-state index contributed by atoms with van der Waals surface area (Å²) in [5.74, 6) is 0. The van der Waals surface area contributed by atoms with Crippen molar-refractivity contribution in [1.29, 1.82) is 0 Å². The lowest BCUT2D eigenvalue weighted by atomic mass is 10.1. The van der Waals surface area contributed by atoms with Gasteiger partial charge in [0.2, 0.25) is 0 Å². The van der Waals surface area contributed by atoms with Crippen molar-refractivity contribution in [3.8, 4) is 0 Å². The Kier molecular flexibility index (Phi) is 4.79. The Morgan fingerprint density at radius 1 is 1.62 bits per heavy atom. The predicted octanol–water partition coefficient (Wildman–Crippen LogP) is 0.848. The molecule has 1 saturated heterocycles. The molecule has 2 heterocycles. The van der Waals surface area contributed by atoms with Crippen LogP contribution in [0.1, 0.15) is 25.1 Å². The van der Waals surface area contributed by atoms with Gasteiger partial charge in [-0.15, -0.1) is 0 Å². The SMILES string of the molecule is CCOC[C@H]1O[C@@H](n2cc(C)c(=O)[nH]c2=O)CC1N=[N+]=[N-]. The molecule has 114 valence electrons. The van der Waals surface area contributed by atoms with Crippen molar-refractivity contribution >= 4 is 0 Å². The number of ether oxygens (including phenoxy) is 2. The topological polar surface area (TPSA) is 122 Å². The van der Waals surface area contributed by atoms with E-state index in [2.05, 4.69) is 15.0 Å².